The number of ether oxygens (including phenoxy) is 4. The van der Waals surface area contributed by atoms with Crippen LogP contribution in [0.3, 0.4) is 0 Å². The molecule has 0 amide bonds. The minimum Gasteiger partial charge on any atom is -0.484 e. The highest BCUT2D eigenvalue weighted by Crippen LogP contribution is 2.53. The topological polar surface area (TPSA) is 129 Å². The van der Waals surface area contributed by atoms with Gasteiger partial charge in [0.15, 0.2) is 0 Å². The van der Waals surface area contributed by atoms with Crippen LogP contribution in [0.4, 0.5) is 17.6 Å². The fourth-order valence-electron chi connectivity index (χ4n) is 6.65. The summed E-state index contributed by atoms with van der Waals surface area (Å²) in [5, 5.41) is 18.4. The summed E-state index contributed by atoms with van der Waals surface area (Å²) in [5.74, 6) is -6.26. The van der Waals surface area contributed by atoms with Crippen LogP contribution < -0.4 is 20.9 Å². The van der Waals surface area contributed by atoms with Crippen LogP contribution >= 0.6 is 31.9 Å². The van der Waals surface area contributed by atoms with Gasteiger partial charge in [0.25, 0.3) is 11.8 Å². The summed E-state index contributed by atoms with van der Waals surface area (Å²) in [6, 6.07) is 9.77. The Morgan fingerprint density at radius 3 is 1.41 bits per heavy atom. The normalized spacial score (nSPS) is 31.7. The van der Waals surface area contributed by atoms with E-state index in [4.69, 9.17) is 30.4 Å². The van der Waals surface area contributed by atoms with Crippen molar-refractivity contribution in [2.45, 2.75) is 72.6 Å². The van der Waals surface area contributed by atoms with E-state index in [2.05, 4.69) is 31.9 Å². The van der Waals surface area contributed by atoms with E-state index in [1.54, 1.807) is 24.3 Å². The van der Waals surface area contributed by atoms with Crippen molar-refractivity contribution in [1.29, 1.82) is 0 Å². The number of aliphatic hydroxyl groups is 2. The molecule has 4 atom stereocenters. The quantitative estimate of drug-likeness (QED) is 0.317. The average molecular weight is 756 g/mol. The van der Waals surface area contributed by atoms with E-state index in [1.807, 2.05) is 0 Å². The van der Waals surface area contributed by atoms with Crippen molar-refractivity contribution in [2.75, 3.05) is 39.6 Å². The number of halogens is 6. The van der Waals surface area contributed by atoms with Gasteiger partial charge in [-0.1, -0.05) is 31.9 Å². The lowest BCUT2D eigenvalue weighted by molar-refractivity contribution is -0.165. The van der Waals surface area contributed by atoms with Gasteiger partial charge >= 0.3 is 0 Å². The van der Waals surface area contributed by atoms with Gasteiger partial charge in [0, 0.05) is 46.1 Å². The van der Waals surface area contributed by atoms with Gasteiger partial charge in [-0.15, -0.1) is 0 Å². The zero-order chi connectivity index (χ0) is 32.0. The van der Waals surface area contributed by atoms with Gasteiger partial charge in [-0.2, -0.15) is 0 Å². The van der Waals surface area contributed by atoms with Crippen LogP contribution in [0.25, 0.3) is 0 Å². The molecule has 244 valence electrons. The number of rotatable bonds is 4. The van der Waals surface area contributed by atoms with Crippen LogP contribution in [0, 0.1) is 0 Å². The first kappa shape index (κ1) is 33.8. The molecule has 14 heteroatoms. The fraction of sp³-hybridized carbons (Fsp3) is 0.600. The van der Waals surface area contributed by atoms with Gasteiger partial charge in [-0.25, -0.2) is 17.6 Å². The SMILES string of the molecule is N[C@]1(C(F)(F)CO)C[C@@]2(CCCOC2)Oc2ccc(Br)cc21.N[C@]1(C(F)(F)CO)C[C@]2(CCCOC2)Oc2ccc(Br)cc21. The first-order valence-electron chi connectivity index (χ1n) is 14.3. The Kier molecular flexibility index (Phi) is 9.42. The molecule has 0 bridgehead atoms. The molecule has 44 heavy (non-hydrogen) atoms. The van der Waals surface area contributed by atoms with E-state index in [0.717, 1.165) is 12.8 Å². The zero-order valence-corrected chi connectivity index (χ0v) is 27.1. The Morgan fingerprint density at radius 1 is 0.705 bits per heavy atom. The largest absolute Gasteiger partial charge is 0.484 e. The molecule has 2 aromatic rings. The molecule has 0 aromatic heterocycles. The molecule has 2 aromatic carbocycles. The van der Waals surface area contributed by atoms with Gasteiger partial charge in [-0.05, 0) is 62.1 Å². The predicted molar refractivity (Wildman–Crippen MR) is 160 cm³/mol. The lowest BCUT2D eigenvalue weighted by Gasteiger charge is -2.50. The molecule has 4 heterocycles. The maximum absolute atomic E-state index is 14.5. The van der Waals surface area contributed by atoms with Crippen molar-refractivity contribution in [2.24, 2.45) is 11.5 Å². The van der Waals surface area contributed by atoms with Gasteiger partial charge in [0.2, 0.25) is 0 Å². The molecule has 0 saturated carbocycles. The van der Waals surface area contributed by atoms with E-state index < -0.39 is 47.3 Å². The van der Waals surface area contributed by atoms with Gasteiger partial charge in [0.1, 0.15) is 47.0 Å². The van der Waals surface area contributed by atoms with Crippen LogP contribution in [-0.4, -0.2) is 72.9 Å². The van der Waals surface area contributed by atoms with Crippen molar-refractivity contribution in [3.05, 3.63) is 56.5 Å². The molecule has 4 aliphatic heterocycles. The summed E-state index contributed by atoms with van der Waals surface area (Å²) in [6.45, 7) is -0.997. The van der Waals surface area contributed by atoms with Crippen LogP contribution in [0.1, 0.15) is 49.7 Å². The smallest absolute Gasteiger partial charge is 0.292 e. The van der Waals surface area contributed by atoms with Gasteiger partial charge < -0.3 is 40.6 Å². The number of hydrogen-bond donors (Lipinski definition) is 4. The molecular weight excluding hydrogens is 720 g/mol. The number of hydrogen-bond acceptors (Lipinski definition) is 8. The van der Waals surface area contributed by atoms with Crippen molar-refractivity contribution < 1.29 is 46.7 Å². The van der Waals surface area contributed by atoms with Crippen molar-refractivity contribution in [3.63, 3.8) is 0 Å². The minimum atomic E-state index is -3.46. The lowest BCUT2D eigenvalue weighted by atomic mass is 9.71. The molecule has 2 saturated heterocycles. The Bertz CT molecular complexity index is 1260. The zero-order valence-electron chi connectivity index (χ0n) is 23.9. The molecule has 2 fully saturated rings. The number of aliphatic hydroxyl groups excluding tert-OH is 2. The monoisotopic (exact) mass is 754 g/mol. The average Bonchev–Trinajstić information content (AvgIpc) is 2.99. The number of alkyl halides is 4. The second kappa shape index (κ2) is 12.3. The van der Waals surface area contributed by atoms with E-state index in [0.29, 0.717) is 46.5 Å². The van der Waals surface area contributed by atoms with Crippen molar-refractivity contribution in [1.82, 2.24) is 0 Å². The molecule has 6 N–H and O–H groups in total. The van der Waals surface area contributed by atoms with E-state index in [9.17, 15) is 27.8 Å². The molecule has 2 spiro atoms. The summed E-state index contributed by atoms with van der Waals surface area (Å²) in [7, 11) is 0. The third-order valence-electron chi connectivity index (χ3n) is 8.97. The minimum absolute atomic E-state index is 0.100. The highest BCUT2D eigenvalue weighted by Gasteiger charge is 2.61. The summed E-state index contributed by atoms with van der Waals surface area (Å²) >= 11 is 6.55. The highest BCUT2D eigenvalue weighted by molar-refractivity contribution is 9.10. The molecule has 0 radical (unpaired) electrons. The highest BCUT2D eigenvalue weighted by atomic mass is 79.9. The van der Waals surface area contributed by atoms with Gasteiger partial charge in [-0.3, -0.25) is 0 Å². The first-order valence-corrected chi connectivity index (χ1v) is 15.9. The number of benzene rings is 2. The molecule has 8 nitrogen and oxygen atoms in total. The predicted octanol–water partition coefficient (Wildman–Crippen LogP) is 5.12. The third kappa shape index (κ3) is 6.01. The Labute approximate surface area is 269 Å². The third-order valence-corrected chi connectivity index (χ3v) is 9.96. The standard InChI is InChI=1S/2C15H18BrF2NO3/c2*16-10-2-3-12-11(6-10)14(19,15(17,18)8-20)7-13(22-12)4-1-5-21-9-13/h2*2-3,6,20H,1,4-5,7-9,19H2/t13-,14+;13-,14-/m01/s1. The van der Waals surface area contributed by atoms with E-state index in [-0.39, 0.29) is 37.2 Å². The fourth-order valence-corrected chi connectivity index (χ4v) is 7.38. The second-order valence-electron chi connectivity index (χ2n) is 12.2. The molecule has 4 aliphatic rings. The van der Waals surface area contributed by atoms with Crippen molar-refractivity contribution >= 4 is 31.9 Å². The van der Waals surface area contributed by atoms with Crippen LogP contribution in [-0.2, 0) is 20.6 Å². The van der Waals surface area contributed by atoms with E-state index in [1.165, 1.54) is 12.1 Å². The van der Waals surface area contributed by atoms with Crippen LogP contribution in [0.15, 0.2) is 45.3 Å². The van der Waals surface area contributed by atoms with Crippen molar-refractivity contribution in [3.8, 4) is 11.5 Å². The summed E-state index contributed by atoms with van der Waals surface area (Å²) < 4.78 is 82.1. The maximum Gasteiger partial charge on any atom is 0.292 e. The number of nitrogens with two attached hydrogens (primary N) is 2. The second-order valence-corrected chi connectivity index (χ2v) is 14.0. The lowest BCUT2D eigenvalue weighted by Crippen LogP contribution is -2.63. The Morgan fingerprint density at radius 2 is 1.09 bits per heavy atom. The molecule has 0 aliphatic carbocycles. The summed E-state index contributed by atoms with van der Waals surface area (Å²) in [6.07, 6.45) is 2.46. The summed E-state index contributed by atoms with van der Waals surface area (Å²) in [5.41, 5.74) is 7.01. The first-order chi connectivity index (χ1) is 20.6. The van der Waals surface area contributed by atoms with Crippen LogP contribution in [0.2, 0.25) is 0 Å². The molecule has 6 rings (SSSR count). The Balaban J connectivity index is 0.000000175. The maximum atomic E-state index is 14.5. The van der Waals surface area contributed by atoms with Gasteiger partial charge in [0.05, 0.1) is 13.2 Å². The Hall–Kier alpha value is -1.52. The molecular formula is C30H36Br2F4N2O6. The van der Waals surface area contributed by atoms with Crippen LogP contribution in [0.5, 0.6) is 11.5 Å². The molecule has 0 unspecified atom stereocenters. The number of fused-ring (bicyclic) bond motifs is 2. The summed E-state index contributed by atoms with van der Waals surface area (Å²) in [4.78, 5) is 0. The van der Waals surface area contributed by atoms with E-state index >= 15 is 0 Å².